The smallest absolute Gasteiger partial charge is 0.244 e. The van der Waals surface area contributed by atoms with Gasteiger partial charge in [0.1, 0.15) is 12.6 Å². The molecule has 0 aliphatic heterocycles. The molecule has 1 atom stereocenters. The number of sulfonamides is 1. The molecule has 0 radical (unpaired) electrons. The van der Waals surface area contributed by atoms with Crippen LogP contribution in [0.3, 0.4) is 0 Å². The maximum Gasteiger partial charge on any atom is 0.244 e. The molecule has 0 saturated carbocycles. The SMILES string of the molecule is CCC(C(=O)NC(C)C)N(Cc1ccc(Cl)c(Cl)c1)C(=O)CN(c1cccc(Cl)c1)S(C)(=O)=O. The number of nitrogens with zero attached hydrogens (tertiary/aromatic N) is 2. The summed E-state index contributed by atoms with van der Waals surface area (Å²) in [6.07, 6.45) is 1.33. The standard InChI is InChI=1S/C23H28Cl3N3O4S/c1-5-21(23(31)27-15(2)3)28(13-16-9-10-19(25)20(26)11-16)22(30)14-29(34(4,32)33)18-8-6-7-17(24)12-18/h6-12,15,21H,5,13-14H2,1-4H3,(H,27,31). The quantitative estimate of drug-likeness (QED) is 0.464. The Morgan fingerprint density at radius 3 is 2.24 bits per heavy atom. The van der Waals surface area contributed by atoms with Crippen LogP contribution in [0.2, 0.25) is 15.1 Å². The minimum atomic E-state index is -3.83. The summed E-state index contributed by atoms with van der Waals surface area (Å²) in [5.74, 6) is -0.887. The van der Waals surface area contributed by atoms with Crippen molar-refractivity contribution in [3.63, 3.8) is 0 Å². The Morgan fingerprint density at radius 2 is 1.71 bits per heavy atom. The van der Waals surface area contributed by atoms with Crippen molar-refractivity contribution in [1.29, 1.82) is 0 Å². The van der Waals surface area contributed by atoms with Gasteiger partial charge in [-0.1, -0.05) is 53.9 Å². The number of hydrogen-bond donors (Lipinski definition) is 1. The molecule has 186 valence electrons. The molecule has 0 aliphatic carbocycles. The average Bonchev–Trinajstić information content (AvgIpc) is 2.72. The molecule has 0 fully saturated rings. The van der Waals surface area contributed by atoms with Gasteiger partial charge in [0.05, 0.1) is 22.0 Å². The van der Waals surface area contributed by atoms with Gasteiger partial charge in [-0.05, 0) is 56.2 Å². The first-order valence-electron chi connectivity index (χ1n) is 10.6. The minimum absolute atomic E-state index is 0.0346. The highest BCUT2D eigenvalue weighted by molar-refractivity contribution is 7.92. The van der Waals surface area contributed by atoms with Crippen LogP contribution in [0, 0.1) is 0 Å². The van der Waals surface area contributed by atoms with E-state index in [1.807, 2.05) is 13.8 Å². The first-order chi connectivity index (χ1) is 15.8. The Balaban J connectivity index is 2.46. The van der Waals surface area contributed by atoms with Crippen molar-refractivity contribution in [2.75, 3.05) is 17.1 Å². The highest BCUT2D eigenvalue weighted by atomic mass is 35.5. The third-order valence-corrected chi connectivity index (χ3v) is 7.04. The van der Waals surface area contributed by atoms with E-state index < -0.39 is 28.5 Å². The molecule has 0 heterocycles. The second kappa shape index (κ2) is 12.1. The van der Waals surface area contributed by atoms with Crippen LogP contribution in [0.4, 0.5) is 5.69 Å². The van der Waals surface area contributed by atoms with Gasteiger partial charge in [-0.15, -0.1) is 0 Å². The zero-order valence-electron chi connectivity index (χ0n) is 19.4. The molecule has 11 heteroatoms. The number of carbonyl (C=O) groups is 2. The van der Waals surface area contributed by atoms with E-state index in [0.29, 0.717) is 27.1 Å². The van der Waals surface area contributed by atoms with Crippen molar-refractivity contribution in [1.82, 2.24) is 10.2 Å². The van der Waals surface area contributed by atoms with Gasteiger partial charge in [0.25, 0.3) is 0 Å². The summed E-state index contributed by atoms with van der Waals surface area (Å²) >= 11 is 18.2. The predicted octanol–water partition coefficient (Wildman–Crippen LogP) is 4.74. The lowest BCUT2D eigenvalue weighted by atomic mass is 10.1. The molecular weight excluding hydrogens is 521 g/mol. The average molecular weight is 549 g/mol. The van der Waals surface area contributed by atoms with Gasteiger partial charge in [-0.3, -0.25) is 13.9 Å². The number of amides is 2. The number of nitrogens with one attached hydrogen (secondary N) is 1. The van der Waals surface area contributed by atoms with Crippen LogP contribution in [0.1, 0.15) is 32.8 Å². The molecule has 0 aromatic heterocycles. The van der Waals surface area contributed by atoms with Gasteiger partial charge in [-0.2, -0.15) is 0 Å². The van der Waals surface area contributed by atoms with Crippen LogP contribution in [0.25, 0.3) is 0 Å². The fourth-order valence-corrected chi connectivity index (χ4v) is 4.73. The fraction of sp³-hybridized carbons (Fsp3) is 0.391. The number of rotatable bonds is 10. The van der Waals surface area contributed by atoms with E-state index in [1.165, 1.54) is 11.0 Å². The Hall–Kier alpha value is -2.00. The van der Waals surface area contributed by atoms with E-state index >= 15 is 0 Å². The summed E-state index contributed by atoms with van der Waals surface area (Å²) in [6, 6.07) is 10.2. The number of hydrogen-bond acceptors (Lipinski definition) is 4. The molecule has 0 aliphatic rings. The summed E-state index contributed by atoms with van der Waals surface area (Å²) in [4.78, 5) is 27.9. The molecule has 0 bridgehead atoms. The lowest BCUT2D eigenvalue weighted by molar-refractivity contribution is -0.140. The second-order valence-corrected chi connectivity index (χ2v) is 11.3. The van der Waals surface area contributed by atoms with Crippen LogP contribution in [-0.2, 0) is 26.2 Å². The van der Waals surface area contributed by atoms with Gasteiger partial charge in [-0.25, -0.2) is 8.42 Å². The van der Waals surface area contributed by atoms with Crippen LogP contribution in [-0.4, -0.2) is 50.0 Å². The molecule has 0 spiro atoms. The van der Waals surface area contributed by atoms with E-state index in [-0.39, 0.29) is 24.2 Å². The number of halogens is 3. The zero-order valence-corrected chi connectivity index (χ0v) is 22.5. The van der Waals surface area contributed by atoms with Gasteiger partial charge in [0, 0.05) is 17.6 Å². The molecule has 0 saturated heterocycles. The monoisotopic (exact) mass is 547 g/mol. The molecule has 2 rings (SSSR count). The van der Waals surface area contributed by atoms with Crippen molar-refractivity contribution in [3.8, 4) is 0 Å². The van der Waals surface area contributed by atoms with E-state index in [9.17, 15) is 18.0 Å². The number of carbonyl (C=O) groups excluding carboxylic acids is 2. The van der Waals surface area contributed by atoms with Crippen molar-refractivity contribution in [2.24, 2.45) is 0 Å². The van der Waals surface area contributed by atoms with Crippen molar-refractivity contribution in [2.45, 2.75) is 45.8 Å². The molecular formula is C23H28Cl3N3O4S. The summed E-state index contributed by atoms with van der Waals surface area (Å²) in [6.45, 7) is 4.95. The Bertz CT molecular complexity index is 1140. The first kappa shape index (κ1) is 28.2. The van der Waals surface area contributed by atoms with Crippen LogP contribution >= 0.6 is 34.8 Å². The predicted molar refractivity (Wildman–Crippen MR) is 138 cm³/mol. The van der Waals surface area contributed by atoms with Crippen molar-refractivity contribution < 1.29 is 18.0 Å². The minimum Gasteiger partial charge on any atom is -0.352 e. The highest BCUT2D eigenvalue weighted by Crippen LogP contribution is 2.25. The number of anilines is 1. The molecule has 2 aromatic rings. The number of benzene rings is 2. The van der Waals surface area contributed by atoms with Gasteiger partial charge in [0.2, 0.25) is 21.8 Å². The second-order valence-electron chi connectivity index (χ2n) is 8.11. The molecule has 2 amide bonds. The van der Waals surface area contributed by atoms with Crippen LogP contribution in [0.15, 0.2) is 42.5 Å². The van der Waals surface area contributed by atoms with Gasteiger partial charge >= 0.3 is 0 Å². The Labute approximate surface area is 216 Å². The Kier molecular flexibility index (Phi) is 10.1. The largest absolute Gasteiger partial charge is 0.352 e. The van der Waals surface area contributed by atoms with Gasteiger partial charge < -0.3 is 10.2 Å². The summed E-state index contributed by atoms with van der Waals surface area (Å²) in [5.41, 5.74) is 0.893. The van der Waals surface area contributed by atoms with Crippen LogP contribution in [0.5, 0.6) is 0 Å². The lowest BCUT2D eigenvalue weighted by Gasteiger charge is -2.33. The third kappa shape index (κ3) is 7.77. The van der Waals surface area contributed by atoms with E-state index in [1.54, 1.807) is 43.3 Å². The molecule has 2 aromatic carbocycles. The highest BCUT2D eigenvalue weighted by Gasteiger charge is 2.32. The molecule has 7 nitrogen and oxygen atoms in total. The van der Waals surface area contributed by atoms with E-state index in [2.05, 4.69) is 5.32 Å². The lowest BCUT2D eigenvalue weighted by Crippen LogP contribution is -2.53. The van der Waals surface area contributed by atoms with E-state index in [0.717, 1.165) is 10.6 Å². The molecule has 1 N–H and O–H groups in total. The maximum absolute atomic E-state index is 13.6. The van der Waals surface area contributed by atoms with Crippen LogP contribution < -0.4 is 9.62 Å². The molecule has 34 heavy (non-hydrogen) atoms. The summed E-state index contributed by atoms with van der Waals surface area (Å²) in [5, 5.41) is 3.82. The normalized spacial score (nSPS) is 12.4. The Morgan fingerprint density at radius 1 is 1.03 bits per heavy atom. The molecule has 1 unspecified atom stereocenters. The first-order valence-corrected chi connectivity index (χ1v) is 13.6. The van der Waals surface area contributed by atoms with Crippen molar-refractivity contribution >= 4 is 62.3 Å². The third-order valence-electron chi connectivity index (χ3n) is 4.93. The fourth-order valence-electron chi connectivity index (χ4n) is 3.38. The van der Waals surface area contributed by atoms with E-state index in [4.69, 9.17) is 34.8 Å². The summed E-state index contributed by atoms with van der Waals surface area (Å²) < 4.78 is 26.1. The van der Waals surface area contributed by atoms with Crippen molar-refractivity contribution in [3.05, 3.63) is 63.1 Å². The summed E-state index contributed by atoms with van der Waals surface area (Å²) in [7, 11) is -3.83. The zero-order chi connectivity index (χ0) is 25.6. The topological polar surface area (TPSA) is 86.8 Å². The van der Waals surface area contributed by atoms with Gasteiger partial charge in [0.15, 0.2) is 0 Å². The maximum atomic E-state index is 13.6.